The fraction of sp³-hybridized carbons (Fsp3) is 0.0968. The fourth-order valence-electron chi connectivity index (χ4n) is 4.41. The van der Waals surface area contributed by atoms with Gasteiger partial charge in [0.25, 0.3) is 0 Å². The Morgan fingerprint density at radius 2 is 0.968 bits per heavy atom. The van der Waals surface area contributed by atoms with Crippen LogP contribution in [0.4, 0.5) is 0 Å². The van der Waals surface area contributed by atoms with Crippen LogP contribution in [-0.4, -0.2) is 0 Å². The molecule has 0 fully saturated rings. The minimum absolute atomic E-state index is 0.294. The molecule has 0 amide bonds. The molecule has 4 aromatic rings. The molecule has 0 aliphatic carbocycles. The van der Waals surface area contributed by atoms with Crippen molar-refractivity contribution in [1.82, 2.24) is 0 Å². The van der Waals surface area contributed by atoms with Crippen molar-refractivity contribution in [2.75, 3.05) is 0 Å². The molecule has 0 aliphatic heterocycles. The smallest absolute Gasteiger partial charge is 0.0440 e. The Labute approximate surface area is 186 Å². The Balaban J connectivity index is 1.90. The maximum absolute atomic E-state index is 4.47. The highest BCUT2D eigenvalue weighted by molar-refractivity contribution is 5.80. The molecule has 0 nitrogen and oxygen atoms in total. The van der Waals surface area contributed by atoms with Crippen molar-refractivity contribution in [2.24, 2.45) is 0 Å². The molecule has 0 heteroatoms. The molecule has 0 atom stereocenters. The van der Waals surface area contributed by atoms with Crippen LogP contribution in [0.3, 0.4) is 0 Å². The van der Waals surface area contributed by atoms with E-state index in [-0.39, 0.29) is 5.41 Å². The van der Waals surface area contributed by atoms with Crippen molar-refractivity contribution in [2.45, 2.75) is 18.8 Å². The highest BCUT2D eigenvalue weighted by Crippen LogP contribution is 2.43. The lowest BCUT2D eigenvalue weighted by molar-refractivity contribution is 0.614. The van der Waals surface area contributed by atoms with Gasteiger partial charge in [-0.1, -0.05) is 140 Å². The van der Waals surface area contributed by atoms with Crippen LogP contribution in [-0.2, 0) is 5.41 Å². The third-order valence-electron chi connectivity index (χ3n) is 6.04. The lowest BCUT2D eigenvalue weighted by atomic mass is 9.67. The predicted octanol–water partition coefficient (Wildman–Crippen LogP) is 8.07. The van der Waals surface area contributed by atoms with E-state index in [0.717, 1.165) is 12.0 Å². The minimum atomic E-state index is -0.294. The van der Waals surface area contributed by atoms with Gasteiger partial charge in [0, 0.05) is 5.41 Å². The maximum Gasteiger partial charge on any atom is 0.0440 e. The Morgan fingerprint density at radius 3 is 1.32 bits per heavy atom. The van der Waals surface area contributed by atoms with Gasteiger partial charge in [-0.15, -0.1) is 0 Å². The highest BCUT2D eigenvalue weighted by atomic mass is 14.4. The highest BCUT2D eigenvalue weighted by Gasteiger charge is 2.34. The second-order valence-corrected chi connectivity index (χ2v) is 7.97. The average Bonchev–Trinajstić information content (AvgIpc) is 2.84. The van der Waals surface area contributed by atoms with Gasteiger partial charge in [-0.05, 0) is 41.2 Å². The quantitative estimate of drug-likeness (QED) is 0.275. The molecule has 4 aromatic carbocycles. The topological polar surface area (TPSA) is 0 Å². The van der Waals surface area contributed by atoms with E-state index in [1.165, 1.54) is 27.8 Å². The zero-order valence-electron chi connectivity index (χ0n) is 18.0. The molecule has 31 heavy (non-hydrogen) atoms. The average molecular weight is 401 g/mol. The first-order valence-electron chi connectivity index (χ1n) is 10.8. The minimum Gasteiger partial charge on any atom is -0.0989 e. The summed E-state index contributed by atoms with van der Waals surface area (Å²) in [7, 11) is 0. The van der Waals surface area contributed by atoms with Gasteiger partial charge in [0.2, 0.25) is 0 Å². The molecule has 0 aromatic heterocycles. The molecule has 0 saturated carbocycles. The number of hydrogen-bond acceptors (Lipinski definition) is 0. The lowest BCUT2D eigenvalue weighted by Crippen LogP contribution is -2.28. The van der Waals surface area contributed by atoms with E-state index in [9.17, 15) is 0 Å². The van der Waals surface area contributed by atoms with Crippen LogP contribution < -0.4 is 0 Å². The SMILES string of the molecule is C=C(C)C(CC=C(c1ccccc1)c1ccccc1)(c1ccccc1)c1ccccc1. The second kappa shape index (κ2) is 9.45. The van der Waals surface area contributed by atoms with Crippen LogP contribution in [0, 0.1) is 0 Å². The van der Waals surface area contributed by atoms with Crippen LogP contribution in [0.15, 0.2) is 140 Å². The summed E-state index contributed by atoms with van der Waals surface area (Å²) < 4.78 is 0. The number of hydrogen-bond donors (Lipinski definition) is 0. The monoisotopic (exact) mass is 400 g/mol. The molecule has 0 unspecified atom stereocenters. The molecule has 0 heterocycles. The molecule has 0 N–H and O–H groups in total. The molecular formula is C31H28. The number of rotatable bonds is 7. The molecule has 152 valence electrons. The third-order valence-corrected chi connectivity index (χ3v) is 6.04. The van der Waals surface area contributed by atoms with Crippen LogP contribution in [0.1, 0.15) is 35.6 Å². The summed E-state index contributed by atoms with van der Waals surface area (Å²) in [5.41, 5.74) is 7.09. The van der Waals surface area contributed by atoms with Gasteiger partial charge in [0.15, 0.2) is 0 Å². The van der Waals surface area contributed by atoms with Crippen molar-refractivity contribution in [3.8, 4) is 0 Å². The summed E-state index contributed by atoms with van der Waals surface area (Å²) in [6, 6.07) is 42.8. The van der Waals surface area contributed by atoms with Gasteiger partial charge in [-0.25, -0.2) is 0 Å². The maximum atomic E-state index is 4.47. The first-order valence-corrected chi connectivity index (χ1v) is 10.8. The van der Waals surface area contributed by atoms with E-state index in [1.807, 2.05) is 0 Å². The van der Waals surface area contributed by atoms with E-state index in [4.69, 9.17) is 0 Å². The summed E-state index contributed by atoms with van der Waals surface area (Å²) in [6.45, 7) is 6.63. The normalized spacial score (nSPS) is 11.0. The van der Waals surface area contributed by atoms with E-state index >= 15 is 0 Å². The van der Waals surface area contributed by atoms with Gasteiger partial charge in [-0.2, -0.15) is 0 Å². The molecule has 0 spiro atoms. The van der Waals surface area contributed by atoms with Gasteiger partial charge in [-0.3, -0.25) is 0 Å². The largest absolute Gasteiger partial charge is 0.0989 e. The molecule has 0 aliphatic rings. The standard InChI is InChI=1S/C31H28/c1-25(2)31(28-19-11-5-12-20-28,29-21-13-6-14-22-29)24-23-30(26-15-7-3-8-16-26)27-17-9-4-10-18-27/h3-23H,1,24H2,2H3. The number of benzene rings is 4. The Bertz CT molecular complexity index is 1060. The summed E-state index contributed by atoms with van der Waals surface area (Å²) >= 11 is 0. The zero-order chi connectivity index (χ0) is 21.5. The molecule has 0 saturated heterocycles. The lowest BCUT2D eigenvalue weighted by Gasteiger charge is -2.35. The molecule has 0 radical (unpaired) electrons. The summed E-state index contributed by atoms with van der Waals surface area (Å²) in [4.78, 5) is 0. The Morgan fingerprint density at radius 1 is 0.613 bits per heavy atom. The van der Waals surface area contributed by atoms with Crippen LogP contribution in [0.25, 0.3) is 5.57 Å². The van der Waals surface area contributed by atoms with Gasteiger partial charge < -0.3 is 0 Å². The number of allylic oxidation sites excluding steroid dienone is 2. The predicted molar refractivity (Wildman–Crippen MR) is 133 cm³/mol. The van der Waals surface area contributed by atoms with E-state index < -0.39 is 0 Å². The van der Waals surface area contributed by atoms with E-state index in [1.54, 1.807) is 0 Å². The van der Waals surface area contributed by atoms with Crippen molar-refractivity contribution in [1.29, 1.82) is 0 Å². The van der Waals surface area contributed by atoms with Crippen LogP contribution in [0.5, 0.6) is 0 Å². The molecule has 0 bridgehead atoms. The van der Waals surface area contributed by atoms with Crippen LogP contribution in [0.2, 0.25) is 0 Å². The van der Waals surface area contributed by atoms with E-state index in [0.29, 0.717) is 0 Å². The third kappa shape index (κ3) is 4.29. The zero-order valence-corrected chi connectivity index (χ0v) is 18.0. The summed E-state index contributed by atoms with van der Waals surface area (Å²) in [5.74, 6) is 0. The van der Waals surface area contributed by atoms with Crippen molar-refractivity contribution >= 4 is 5.57 Å². The summed E-state index contributed by atoms with van der Waals surface area (Å²) in [6.07, 6.45) is 3.22. The van der Waals surface area contributed by atoms with Gasteiger partial charge in [0.05, 0.1) is 0 Å². The Kier molecular flexibility index (Phi) is 6.29. The van der Waals surface area contributed by atoms with Crippen LogP contribution >= 0.6 is 0 Å². The molecule has 4 rings (SSSR count). The van der Waals surface area contributed by atoms with Crippen molar-refractivity contribution in [3.05, 3.63) is 162 Å². The van der Waals surface area contributed by atoms with E-state index in [2.05, 4.69) is 141 Å². The summed E-state index contributed by atoms with van der Waals surface area (Å²) in [5, 5.41) is 0. The van der Waals surface area contributed by atoms with Crippen molar-refractivity contribution in [3.63, 3.8) is 0 Å². The first kappa shape index (κ1) is 20.6. The fourth-order valence-corrected chi connectivity index (χ4v) is 4.41. The van der Waals surface area contributed by atoms with Gasteiger partial charge in [0.1, 0.15) is 0 Å². The Hall–Kier alpha value is -3.64. The molecular weight excluding hydrogens is 372 g/mol. The van der Waals surface area contributed by atoms with Crippen molar-refractivity contribution < 1.29 is 0 Å². The first-order chi connectivity index (χ1) is 15.2. The second-order valence-electron chi connectivity index (χ2n) is 7.97. The van der Waals surface area contributed by atoms with Gasteiger partial charge >= 0.3 is 0 Å².